The van der Waals surface area contributed by atoms with Gasteiger partial charge in [0.1, 0.15) is 5.54 Å². The molecule has 1 amide bonds. The summed E-state index contributed by atoms with van der Waals surface area (Å²) in [6.45, 7) is 0. The Morgan fingerprint density at radius 3 is 1.86 bits per heavy atom. The third-order valence-corrected chi connectivity index (χ3v) is 3.18. The molecule has 0 unspecified atom stereocenters. The van der Waals surface area contributed by atoms with Gasteiger partial charge in [0.25, 0.3) is 0 Å². The van der Waals surface area contributed by atoms with Crippen molar-refractivity contribution in [2.24, 2.45) is 11.5 Å². The van der Waals surface area contributed by atoms with Crippen LogP contribution in [0.15, 0.2) is 0 Å². The molecule has 1 atom stereocenters. The van der Waals surface area contributed by atoms with E-state index in [0.29, 0.717) is 0 Å². The topological polar surface area (TPSA) is 224 Å². The standard InChI is InChI=1S/C6H13N2.C5H5NO5.2H2O.Pt/c7-5-3-1-2-4-6(5)8;7-2-1-5(6-2,3(8)9)4(10)11;;;/h5H,1-4,7-8H2;1H2,(H,6,7)(H,8,9)(H,10,11);2*1H2;/q-1;;;;+2/p-2/t5-;;;;/m1..../s1. The zero-order valence-electron chi connectivity index (χ0n) is 11.6. The van der Waals surface area contributed by atoms with Gasteiger partial charge in [-0.3, -0.25) is 4.79 Å². The molecule has 0 aromatic heterocycles. The molecule has 1 saturated carbocycles. The van der Waals surface area contributed by atoms with E-state index in [-0.39, 0.29) is 38.1 Å². The third kappa shape index (κ3) is 5.97. The number of carbonyl (C=O) groups excluding carboxylic acids is 3. The van der Waals surface area contributed by atoms with Gasteiger partial charge < -0.3 is 47.5 Å². The van der Waals surface area contributed by atoms with E-state index in [2.05, 4.69) is 0 Å². The zero-order valence-corrected chi connectivity index (χ0v) is 13.9. The van der Waals surface area contributed by atoms with E-state index >= 15 is 0 Å². The minimum Gasteiger partial charge on any atom is -0.547 e. The molecule has 1 aliphatic heterocycles. The molecule has 2 aliphatic rings. The Balaban J connectivity index is -0.000000299. The maximum absolute atomic E-state index is 10.2. The van der Waals surface area contributed by atoms with Crippen LogP contribution < -0.4 is 27.0 Å². The molecule has 1 saturated heterocycles. The third-order valence-electron chi connectivity index (χ3n) is 3.18. The first kappa shape index (κ1) is 25.9. The second-order valence-electron chi connectivity index (χ2n) is 4.63. The average Bonchev–Trinajstić information content (AvgIpc) is 2.28. The summed E-state index contributed by atoms with van der Waals surface area (Å²) in [6, 6.07) is 1.19. The Morgan fingerprint density at radius 2 is 1.68 bits per heavy atom. The molecular weight excluding hydrogens is 481 g/mol. The van der Waals surface area contributed by atoms with Crippen LogP contribution in [-0.4, -0.2) is 40.4 Å². The second-order valence-corrected chi connectivity index (χ2v) is 4.63. The van der Waals surface area contributed by atoms with Gasteiger partial charge >= 0.3 is 21.1 Å². The van der Waals surface area contributed by atoms with Gasteiger partial charge in [0.2, 0.25) is 5.91 Å². The Bertz CT molecular complexity index is 360. The van der Waals surface area contributed by atoms with Crippen LogP contribution in [0.2, 0.25) is 0 Å². The second kappa shape index (κ2) is 10.6. The van der Waals surface area contributed by atoms with Gasteiger partial charge in [0.05, 0.1) is 18.4 Å². The van der Waals surface area contributed by atoms with E-state index in [0.717, 1.165) is 18.9 Å². The van der Waals surface area contributed by atoms with Crippen LogP contribution in [0.1, 0.15) is 32.1 Å². The largest absolute Gasteiger partial charge is 2.00 e. The van der Waals surface area contributed by atoms with Crippen molar-refractivity contribution in [2.45, 2.75) is 43.7 Å². The van der Waals surface area contributed by atoms with Gasteiger partial charge in [-0.25, -0.2) is 6.04 Å². The number of hydrogen-bond donors (Lipinski definition) is 3. The molecule has 0 aromatic carbocycles. The van der Waals surface area contributed by atoms with Gasteiger partial charge in [-0.15, -0.1) is 6.04 Å². The van der Waals surface area contributed by atoms with E-state index in [4.69, 9.17) is 11.5 Å². The molecule has 0 radical (unpaired) electrons. The van der Waals surface area contributed by atoms with Crippen LogP contribution in [0.3, 0.4) is 0 Å². The van der Waals surface area contributed by atoms with Crippen LogP contribution in [-0.2, 0) is 35.4 Å². The summed E-state index contributed by atoms with van der Waals surface area (Å²) in [4.78, 5) is 30.5. The molecule has 1 aliphatic carbocycles. The van der Waals surface area contributed by atoms with E-state index in [1.54, 1.807) is 5.32 Å². The number of nitrogens with two attached hydrogens (primary N) is 2. The van der Waals surface area contributed by atoms with Gasteiger partial charge in [-0.2, -0.15) is 6.42 Å². The average molecular weight is 501 g/mol. The fourth-order valence-corrected chi connectivity index (χ4v) is 1.85. The summed E-state index contributed by atoms with van der Waals surface area (Å²) >= 11 is 0. The Hall–Kier alpha value is -1.06. The number of carbonyl (C=O) groups is 3. The van der Waals surface area contributed by atoms with Crippen molar-refractivity contribution in [3.63, 3.8) is 0 Å². The molecule has 2 fully saturated rings. The van der Waals surface area contributed by atoms with E-state index < -0.39 is 29.8 Å². The molecule has 132 valence electrons. The van der Waals surface area contributed by atoms with Crippen molar-refractivity contribution >= 4 is 17.8 Å². The van der Waals surface area contributed by atoms with Crippen LogP contribution in [0.5, 0.6) is 0 Å². The number of carboxylic acids is 2. The van der Waals surface area contributed by atoms with Gasteiger partial charge in [0.15, 0.2) is 0 Å². The van der Waals surface area contributed by atoms with Gasteiger partial charge in [-0.05, 0) is 0 Å². The van der Waals surface area contributed by atoms with Gasteiger partial charge in [0, 0.05) is 0 Å². The Labute approximate surface area is 141 Å². The van der Waals surface area contributed by atoms with E-state index in [1.165, 1.54) is 12.8 Å². The summed E-state index contributed by atoms with van der Waals surface area (Å²) in [5, 5.41) is 22.0. The molecule has 1 heterocycles. The van der Waals surface area contributed by atoms with E-state index in [1.807, 2.05) is 0 Å². The van der Waals surface area contributed by atoms with E-state index in [9.17, 15) is 24.6 Å². The number of hydrogen-bond acceptors (Lipinski definition) is 7. The van der Waals surface area contributed by atoms with Crippen LogP contribution in [0.25, 0.3) is 0 Å². The van der Waals surface area contributed by atoms with Gasteiger partial charge in [-0.1, -0.05) is 19.3 Å². The quantitative estimate of drug-likeness (QED) is 0.189. The molecule has 0 bridgehead atoms. The fourth-order valence-electron chi connectivity index (χ4n) is 1.85. The monoisotopic (exact) mass is 501 g/mol. The zero-order chi connectivity index (χ0) is 14.6. The molecule has 22 heavy (non-hydrogen) atoms. The Morgan fingerprint density at radius 1 is 1.23 bits per heavy atom. The minimum absolute atomic E-state index is 0. The summed E-state index contributed by atoms with van der Waals surface area (Å²) < 4.78 is 0. The van der Waals surface area contributed by atoms with Crippen LogP contribution in [0.4, 0.5) is 0 Å². The number of aliphatic carboxylic acids is 2. The molecule has 9 N–H and O–H groups in total. The molecule has 0 spiro atoms. The maximum Gasteiger partial charge on any atom is 2.00 e. The summed E-state index contributed by atoms with van der Waals surface area (Å²) in [5.41, 5.74) is 8.89. The first-order valence-electron chi connectivity index (χ1n) is 5.90. The number of amides is 1. The normalized spacial score (nSPS) is 21.9. The summed E-state index contributed by atoms with van der Waals surface area (Å²) in [6.07, 6.45) is 4.01. The predicted octanol–water partition coefficient (Wildman–Crippen LogP) is -5.53. The van der Waals surface area contributed by atoms with Crippen molar-refractivity contribution in [3.8, 4) is 0 Å². The maximum atomic E-state index is 10.2. The number of rotatable bonds is 2. The SMILES string of the molecule is N[C-]1CCCC[C@H]1N.O.O.O=C1CC(C(=O)[O-])(C(=O)[O-])N1.[Pt+2]. The first-order chi connectivity index (χ1) is 8.79. The molecule has 10 nitrogen and oxygen atoms in total. The fraction of sp³-hybridized carbons (Fsp3) is 0.636. The number of β-lactam (4-membered cyclic amide) rings is 1. The van der Waals surface area contributed by atoms with Crippen LogP contribution >= 0.6 is 0 Å². The molecule has 11 heteroatoms. The molecule has 0 aromatic rings. The number of nitrogens with one attached hydrogen (secondary N) is 1. The van der Waals surface area contributed by atoms with Crippen molar-refractivity contribution in [3.05, 3.63) is 6.04 Å². The molecular formula is C11H20N3O7Pt-. The van der Waals surface area contributed by atoms with Crippen molar-refractivity contribution in [2.75, 3.05) is 0 Å². The van der Waals surface area contributed by atoms with Crippen LogP contribution in [0, 0.1) is 6.04 Å². The minimum atomic E-state index is -2.29. The Kier molecular flexibility index (Phi) is 12.5. The van der Waals surface area contributed by atoms with Crippen molar-refractivity contribution < 1.29 is 56.6 Å². The number of carboxylic acid groups (broad SMARTS) is 2. The smallest absolute Gasteiger partial charge is 0.547 e. The first-order valence-corrected chi connectivity index (χ1v) is 5.90. The molecule has 2 rings (SSSR count). The predicted molar refractivity (Wildman–Crippen MR) is 66.6 cm³/mol. The van der Waals surface area contributed by atoms with Crippen molar-refractivity contribution in [1.29, 1.82) is 0 Å². The summed E-state index contributed by atoms with van der Waals surface area (Å²) in [7, 11) is 0. The van der Waals surface area contributed by atoms with Crippen molar-refractivity contribution in [1.82, 2.24) is 5.32 Å². The summed E-state index contributed by atoms with van der Waals surface area (Å²) in [5.74, 6) is -4.34.